The van der Waals surface area contributed by atoms with Crippen LogP contribution in [0.25, 0.3) is 0 Å². The van der Waals surface area contributed by atoms with Gasteiger partial charge in [0, 0.05) is 31.6 Å². The smallest absolute Gasteiger partial charge is 0.306 e. The van der Waals surface area contributed by atoms with E-state index in [1.165, 1.54) is 6.92 Å². The van der Waals surface area contributed by atoms with Crippen LogP contribution in [0.1, 0.15) is 71.6 Å². The van der Waals surface area contributed by atoms with Gasteiger partial charge in [-0.3, -0.25) is 14.4 Å². The molecule has 1 aliphatic carbocycles. The highest BCUT2D eigenvalue weighted by Crippen LogP contribution is 2.35. The summed E-state index contributed by atoms with van der Waals surface area (Å²) in [6, 6.07) is 0. The molecule has 5 nitrogen and oxygen atoms in total. The largest absolute Gasteiger partial charge is 0.461 e. The maximum Gasteiger partial charge on any atom is 0.306 e. The van der Waals surface area contributed by atoms with Crippen molar-refractivity contribution in [1.82, 2.24) is 0 Å². The minimum absolute atomic E-state index is 0.134. The Labute approximate surface area is 162 Å². The number of hydrogen-bond donors (Lipinski definition) is 0. The Morgan fingerprint density at radius 2 is 2.04 bits per heavy atom. The highest BCUT2D eigenvalue weighted by molar-refractivity contribution is 5.85. The van der Waals surface area contributed by atoms with Gasteiger partial charge in [0.25, 0.3) is 0 Å². The van der Waals surface area contributed by atoms with E-state index in [-0.39, 0.29) is 42.1 Å². The predicted octanol–water partition coefficient (Wildman–Crippen LogP) is 4.30. The van der Waals surface area contributed by atoms with E-state index in [2.05, 4.69) is 6.92 Å². The fourth-order valence-corrected chi connectivity index (χ4v) is 3.83. The van der Waals surface area contributed by atoms with Crippen molar-refractivity contribution in [1.29, 1.82) is 0 Å². The SMILES string of the molecule is CCCCC[C@H]1/C=C/[C@H]2[C@H](OC(C)=O)CC(=O)[C@@H]2C/C=C\CCCC(=O)O1. The maximum atomic E-state index is 12.5. The summed E-state index contributed by atoms with van der Waals surface area (Å²) >= 11 is 0. The van der Waals surface area contributed by atoms with E-state index in [0.717, 1.165) is 38.5 Å². The first-order chi connectivity index (χ1) is 13.0. The van der Waals surface area contributed by atoms with Crippen molar-refractivity contribution in [2.24, 2.45) is 11.8 Å². The number of esters is 2. The Hall–Kier alpha value is -1.91. The van der Waals surface area contributed by atoms with Crippen molar-refractivity contribution in [3.8, 4) is 0 Å². The molecule has 0 amide bonds. The predicted molar refractivity (Wildman–Crippen MR) is 103 cm³/mol. The minimum Gasteiger partial charge on any atom is -0.461 e. The first-order valence-electron chi connectivity index (χ1n) is 10.2. The van der Waals surface area contributed by atoms with E-state index in [1.54, 1.807) is 0 Å². The zero-order valence-electron chi connectivity index (χ0n) is 16.5. The molecule has 1 heterocycles. The van der Waals surface area contributed by atoms with Gasteiger partial charge in [-0.15, -0.1) is 0 Å². The summed E-state index contributed by atoms with van der Waals surface area (Å²) in [4.78, 5) is 36.0. The first kappa shape index (κ1) is 21.4. The normalized spacial score (nSPS) is 31.6. The Bertz CT molecular complexity index is 577. The quantitative estimate of drug-likeness (QED) is 0.406. The van der Waals surface area contributed by atoms with Crippen molar-refractivity contribution < 1.29 is 23.9 Å². The third-order valence-corrected chi connectivity index (χ3v) is 5.26. The molecule has 1 fully saturated rings. The van der Waals surface area contributed by atoms with Crippen LogP contribution in [0.3, 0.4) is 0 Å². The molecule has 0 aromatic heterocycles. The number of ketones is 1. The second kappa shape index (κ2) is 11.1. The fraction of sp³-hybridized carbons (Fsp3) is 0.682. The van der Waals surface area contributed by atoms with Crippen molar-refractivity contribution in [3.05, 3.63) is 24.3 Å². The second-order valence-corrected chi connectivity index (χ2v) is 7.51. The third kappa shape index (κ3) is 6.96. The molecule has 1 aliphatic heterocycles. The summed E-state index contributed by atoms with van der Waals surface area (Å²) < 4.78 is 11.1. The average molecular weight is 376 g/mol. The number of rotatable bonds is 5. The van der Waals surface area contributed by atoms with Crippen molar-refractivity contribution in [2.45, 2.75) is 83.8 Å². The summed E-state index contributed by atoms with van der Waals surface area (Å²) in [7, 11) is 0. The van der Waals surface area contributed by atoms with Crippen LogP contribution >= 0.6 is 0 Å². The van der Waals surface area contributed by atoms with E-state index in [1.807, 2.05) is 24.3 Å². The van der Waals surface area contributed by atoms with Gasteiger partial charge in [0.2, 0.25) is 0 Å². The second-order valence-electron chi connectivity index (χ2n) is 7.51. The summed E-state index contributed by atoms with van der Waals surface area (Å²) in [5.41, 5.74) is 0. The minimum atomic E-state index is -0.429. The molecular formula is C22H32O5. The van der Waals surface area contributed by atoms with Gasteiger partial charge in [-0.1, -0.05) is 38.0 Å². The highest BCUT2D eigenvalue weighted by Gasteiger charge is 2.42. The molecule has 2 aliphatic rings. The molecule has 0 bridgehead atoms. The number of Topliss-reactive ketones (excluding diaryl/α,β-unsaturated/α-hetero) is 1. The molecule has 0 unspecified atom stereocenters. The van der Waals surface area contributed by atoms with Crippen LogP contribution < -0.4 is 0 Å². The molecule has 0 N–H and O–H groups in total. The summed E-state index contributed by atoms with van der Waals surface area (Å²) in [5.74, 6) is -0.765. The Morgan fingerprint density at radius 1 is 1.22 bits per heavy atom. The molecule has 0 radical (unpaired) electrons. The molecule has 5 heteroatoms. The van der Waals surface area contributed by atoms with E-state index in [0.29, 0.717) is 12.8 Å². The van der Waals surface area contributed by atoms with Gasteiger partial charge in [-0.2, -0.15) is 0 Å². The highest BCUT2D eigenvalue weighted by atomic mass is 16.5. The lowest BCUT2D eigenvalue weighted by molar-refractivity contribution is -0.148. The van der Waals surface area contributed by atoms with Crippen LogP contribution in [-0.4, -0.2) is 29.9 Å². The number of allylic oxidation sites excluding steroid dienone is 2. The number of carbonyl (C=O) groups is 3. The van der Waals surface area contributed by atoms with Gasteiger partial charge in [-0.25, -0.2) is 0 Å². The van der Waals surface area contributed by atoms with Crippen molar-refractivity contribution in [3.63, 3.8) is 0 Å². The topological polar surface area (TPSA) is 69.7 Å². The third-order valence-electron chi connectivity index (χ3n) is 5.26. The van der Waals surface area contributed by atoms with Crippen LogP contribution in [0, 0.1) is 11.8 Å². The van der Waals surface area contributed by atoms with Crippen LogP contribution in [0.5, 0.6) is 0 Å². The summed E-state index contributed by atoms with van der Waals surface area (Å²) in [5, 5.41) is 0. The van der Waals surface area contributed by atoms with Crippen molar-refractivity contribution in [2.75, 3.05) is 0 Å². The van der Waals surface area contributed by atoms with Gasteiger partial charge < -0.3 is 9.47 Å². The zero-order valence-corrected chi connectivity index (χ0v) is 16.5. The molecule has 0 aromatic carbocycles. The van der Waals surface area contributed by atoms with E-state index in [4.69, 9.17) is 9.47 Å². The molecule has 27 heavy (non-hydrogen) atoms. The van der Waals surface area contributed by atoms with Crippen molar-refractivity contribution >= 4 is 17.7 Å². The standard InChI is InChI=1S/C22H32O5/c1-3-4-7-10-17-13-14-19-18(20(24)15-21(19)26-16(2)23)11-8-5-6-9-12-22(25)27-17/h5,8,13-14,17-19,21H,3-4,6-7,9-12,15H2,1-2H3/b8-5-,14-13+/t17-,18+,19+,21+/m0/s1. The first-order valence-corrected chi connectivity index (χ1v) is 10.2. The lowest BCUT2D eigenvalue weighted by atomic mass is 9.90. The molecule has 0 spiro atoms. The molecule has 4 atom stereocenters. The Balaban J connectivity index is 2.20. The van der Waals surface area contributed by atoms with Gasteiger partial charge >= 0.3 is 11.9 Å². The van der Waals surface area contributed by atoms with Gasteiger partial charge in [0.1, 0.15) is 18.0 Å². The van der Waals surface area contributed by atoms with Crippen LogP contribution in [0.2, 0.25) is 0 Å². The van der Waals surface area contributed by atoms with Gasteiger partial charge in [0.15, 0.2) is 0 Å². The molecule has 0 aromatic rings. The van der Waals surface area contributed by atoms with Gasteiger partial charge in [0.05, 0.1) is 0 Å². The molecular weight excluding hydrogens is 344 g/mol. The fourth-order valence-electron chi connectivity index (χ4n) is 3.83. The Morgan fingerprint density at radius 3 is 2.78 bits per heavy atom. The lowest BCUT2D eigenvalue weighted by Crippen LogP contribution is -2.24. The van der Waals surface area contributed by atoms with Crippen LogP contribution in [-0.2, 0) is 23.9 Å². The lowest BCUT2D eigenvalue weighted by Gasteiger charge is -2.21. The average Bonchev–Trinajstić information content (AvgIpc) is 2.89. The number of ether oxygens (including phenoxy) is 2. The van der Waals surface area contributed by atoms with Crippen LogP contribution in [0.15, 0.2) is 24.3 Å². The summed E-state index contributed by atoms with van der Waals surface area (Å²) in [6.07, 6.45) is 14.0. The number of cyclic esters (lactones) is 1. The monoisotopic (exact) mass is 376 g/mol. The number of fused-ring (bicyclic) bond motifs is 1. The Kier molecular flexibility index (Phi) is 8.76. The molecule has 150 valence electrons. The molecule has 2 rings (SSSR count). The van der Waals surface area contributed by atoms with E-state index >= 15 is 0 Å². The van der Waals surface area contributed by atoms with E-state index < -0.39 is 6.10 Å². The summed E-state index contributed by atoms with van der Waals surface area (Å²) in [6.45, 7) is 3.51. The maximum absolute atomic E-state index is 12.5. The molecule has 1 saturated carbocycles. The van der Waals surface area contributed by atoms with Gasteiger partial charge in [-0.05, 0) is 38.2 Å². The number of hydrogen-bond acceptors (Lipinski definition) is 5. The van der Waals surface area contributed by atoms with E-state index in [9.17, 15) is 14.4 Å². The van der Waals surface area contributed by atoms with Crippen LogP contribution in [0.4, 0.5) is 0 Å². The number of unbranched alkanes of at least 4 members (excludes halogenated alkanes) is 2. The number of carbonyl (C=O) groups excluding carboxylic acids is 3. The zero-order chi connectivity index (χ0) is 19.6. The molecule has 0 saturated heterocycles.